The molecule has 0 saturated carbocycles. The van der Waals surface area contributed by atoms with E-state index < -0.39 is 10.0 Å². The highest BCUT2D eigenvalue weighted by atomic mass is 32.2. The van der Waals surface area contributed by atoms with Gasteiger partial charge < -0.3 is 5.43 Å². The first kappa shape index (κ1) is 13.7. The number of benzene rings is 1. The molecule has 1 heterocycles. The van der Waals surface area contributed by atoms with Crippen LogP contribution in [0.25, 0.3) is 0 Å². The van der Waals surface area contributed by atoms with Gasteiger partial charge in [-0.1, -0.05) is 30.4 Å². The van der Waals surface area contributed by atoms with Gasteiger partial charge in [0, 0.05) is 0 Å². The van der Waals surface area contributed by atoms with Crippen LogP contribution in [0.2, 0.25) is 0 Å². The van der Waals surface area contributed by atoms with Crippen molar-refractivity contribution in [2.75, 3.05) is 10.1 Å². The maximum Gasteiger partial charge on any atom is 0.265 e. The molecule has 4 N–H and O–H groups in total. The highest BCUT2D eigenvalue weighted by molar-refractivity contribution is 7.93. The molecule has 0 radical (unpaired) electrons. The molecule has 0 fully saturated rings. The lowest BCUT2D eigenvalue weighted by atomic mass is 10.3. The molecular weight excluding hydrogens is 286 g/mol. The molecule has 0 aliphatic heterocycles. The van der Waals surface area contributed by atoms with Crippen molar-refractivity contribution < 1.29 is 8.42 Å². The number of para-hydroxylation sites is 1. The summed E-state index contributed by atoms with van der Waals surface area (Å²) in [4.78, 5) is 0.0609. The van der Waals surface area contributed by atoms with Crippen molar-refractivity contribution in [3.63, 3.8) is 0 Å². The van der Waals surface area contributed by atoms with E-state index in [9.17, 15) is 8.42 Å². The van der Waals surface area contributed by atoms with Gasteiger partial charge in [0.15, 0.2) is 0 Å². The van der Waals surface area contributed by atoms with Crippen molar-refractivity contribution in [3.05, 3.63) is 29.3 Å². The van der Waals surface area contributed by atoms with Crippen LogP contribution < -0.4 is 16.0 Å². The van der Waals surface area contributed by atoms with Crippen LogP contribution in [0, 0.1) is 0 Å². The number of nitrogens with zero attached hydrogens (tertiary/aromatic N) is 2. The third kappa shape index (κ3) is 3.00. The van der Waals surface area contributed by atoms with Gasteiger partial charge in [-0.05, 0) is 18.6 Å². The number of hydrogen-bond acceptors (Lipinski definition) is 7. The Labute approximate surface area is 114 Å². The maximum atomic E-state index is 12.2. The zero-order valence-electron chi connectivity index (χ0n) is 10.1. The molecule has 0 unspecified atom stereocenters. The molecular formula is C10H13N5O2S2. The van der Waals surface area contributed by atoms with Crippen molar-refractivity contribution in [3.8, 4) is 0 Å². The number of nitrogens with two attached hydrogens (primary N) is 1. The minimum Gasteiger partial charge on any atom is -0.323 e. The smallest absolute Gasteiger partial charge is 0.265 e. The maximum absolute atomic E-state index is 12.2. The fourth-order valence-corrected chi connectivity index (χ4v) is 3.51. The normalized spacial score (nSPS) is 11.3. The molecule has 19 heavy (non-hydrogen) atoms. The largest absolute Gasteiger partial charge is 0.323 e. The Bertz CT molecular complexity index is 668. The zero-order chi connectivity index (χ0) is 13.9. The van der Waals surface area contributed by atoms with Crippen molar-refractivity contribution in [1.82, 2.24) is 10.2 Å². The number of aromatic nitrogens is 2. The molecule has 1 aromatic carbocycles. The van der Waals surface area contributed by atoms with E-state index in [0.717, 1.165) is 5.01 Å². The van der Waals surface area contributed by atoms with Crippen molar-refractivity contribution in [1.29, 1.82) is 0 Å². The molecule has 2 rings (SSSR count). The quantitative estimate of drug-likeness (QED) is 0.565. The van der Waals surface area contributed by atoms with Crippen LogP contribution in [0.1, 0.15) is 11.9 Å². The lowest BCUT2D eigenvalue weighted by molar-refractivity contribution is 0.601. The minimum atomic E-state index is -3.74. The van der Waals surface area contributed by atoms with E-state index in [-0.39, 0.29) is 10.0 Å². The number of aryl methyl sites for hydroxylation is 1. The van der Waals surface area contributed by atoms with Gasteiger partial charge in [-0.3, -0.25) is 10.6 Å². The van der Waals surface area contributed by atoms with Crippen LogP contribution in [0.5, 0.6) is 0 Å². The third-order valence-electron chi connectivity index (χ3n) is 2.32. The summed E-state index contributed by atoms with van der Waals surface area (Å²) in [5.74, 6) is 5.30. The second-order valence-electron chi connectivity index (χ2n) is 3.60. The van der Waals surface area contributed by atoms with Crippen molar-refractivity contribution in [2.24, 2.45) is 5.84 Å². The van der Waals surface area contributed by atoms with Crippen LogP contribution in [0.15, 0.2) is 29.2 Å². The van der Waals surface area contributed by atoms with Gasteiger partial charge in [-0.15, -0.1) is 10.2 Å². The molecule has 0 saturated heterocycles. The Morgan fingerprint density at radius 3 is 2.68 bits per heavy atom. The summed E-state index contributed by atoms with van der Waals surface area (Å²) in [5.41, 5.74) is 2.67. The fourth-order valence-electron chi connectivity index (χ4n) is 1.43. The first-order valence-electron chi connectivity index (χ1n) is 5.47. The van der Waals surface area contributed by atoms with E-state index in [1.54, 1.807) is 18.2 Å². The van der Waals surface area contributed by atoms with E-state index in [4.69, 9.17) is 5.84 Å². The molecule has 7 nitrogen and oxygen atoms in total. The number of hydrogen-bond donors (Lipinski definition) is 3. The van der Waals surface area contributed by atoms with Gasteiger partial charge in [0.2, 0.25) is 5.13 Å². The van der Waals surface area contributed by atoms with E-state index in [1.165, 1.54) is 17.4 Å². The number of sulfonamides is 1. The van der Waals surface area contributed by atoms with Gasteiger partial charge in [-0.2, -0.15) is 0 Å². The fraction of sp³-hybridized carbons (Fsp3) is 0.200. The van der Waals surface area contributed by atoms with E-state index >= 15 is 0 Å². The Morgan fingerprint density at radius 1 is 1.32 bits per heavy atom. The van der Waals surface area contributed by atoms with E-state index in [2.05, 4.69) is 20.3 Å². The summed E-state index contributed by atoms with van der Waals surface area (Å²) in [6.45, 7) is 1.92. The van der Waals surface area contributed by atoms with Gasteiger partial charge >= 0.3 is 0 Å². The molecule has 1 aromatic heterocycles. The summed E-state index contributed by atoms with van der Waals surface area (Å²) in [7, 11) is -3.74. The monoisotopic (exact) mass is 299 g/mol. The summed E-state index contributed by atoms with van der Waals surface area (Å²) in [6, 6.07) is 6.34. The molecule has 0 aliphatic carbocycles. The Hall–Kier alpha value is -1.71. The highest BCUT2D eigenvalue weighted by Gasteiger charge is 2.19. The molecule has 0 amide bonds. The minimum absolute atomic E-state index is 0.0609. The summed E-state index contributed by atoms with van der Waals surface area (Å²) < 4.78 is 26.8. The number of nitrogen functional groups attached to an aromatic ring is 1. The summed E-state index contributed by atoms with van der Waals surface area (Å²) in [5, 5.41) is 8.64. The topological polar surface area (TPSA) is 110 Å². The number of rotatable bonds is 5. The van der Waals surface area contributed by atoms with E-state index in [1.807, 2.05) is 6.92 Å². The van der Waals surface area contributed by atoms with Crippen LogP contribution in [0.3, 0.4) is 0 Å². The lowest BCUT2D eigenvalue weighted by Gasteiger charge is -2.09. The second-order valence-corrected chi connectivity index (χ2v) is 6.31. The van der Waals surface area contributed by atoms with Gasteiger partial charge in [0.25, 0.3) is 10.0 Å². The van der Waals surface area contributed by atoms with Crippen LogP contribution in [-0.4, -0.2) is 18.6 Å². The second kappa shape index (κ2) is 5.51. The van der Waals surface area contributed by atoms with Crippen molar-refractivity contribution >= 4 is 32.2 Å². The van der Waals surface area contributed by atoms with Gasteiger partial charge in [-0.25, -0.2) is 8.42 Å². The average molecular weight is 299 g/mol. The highest BCUT2D eigenvalue weighted by Crippen LogP contribution is 2.24. The van der Waals surface area contributed by atoms with E-state index in [0.29, 0.717) is 12.1 Å². The molecule has 0 atom stereocenters. The SMILES string of the molecule is CCc1nnc(NS(=O)(=O)c2ccccc2NN)s1. The zero-order valence-corrected chi connectivity index (χ0v) is 11.8. The molecule has 0 spiro atoms. The average Bonchev–Trinajstić information content (AvgIpc) is 2.85. The Balaban J connectivity index is 2.32. The van der Waals surface area contributed by atoms with Crippen molar-refractivity contribution in [2.45, 2.75) is 18.2 Å². The third-order valence-corrected chi connectivity index (χ3v) is 4.83. The number of hydrazine groups is 1. The first-order valence-corrected chi connectivity index (χ1v) is 7.77. The molecule has 102 valence electrons. The van der Waals surface area contributed by atoms with Crippen LogP contribution >= 0.6 is 11.3 Å². The Morgan fingerprint density at radius 2 is 2.05 bits per heavy atom. The summed E-state index contributed by atoms with van der Waals surface area (Å²) >= 11 is 1.20. The predicted molar refractivity (Wildman–Crippen MR) is 74.3 cm³/mol. The lowest BCUT2D eigenvalue weighted by Crippen LogP contribution is -2.17. The molecule has 0 bridgehead atoms. The number of anilines is 2. The predicted octanol–water partition coefficient (Wildman–Crippen LogP) is 1.19. The van der Waals surface area contributed by atoms with Gasteiger partial charge in [0.1, 0.15) is 9.90 Å². The van der Waals surface area contributed by atoms with Crippen LogP contribution in [0.4, 0.5) is 10.8 Å². The Kier molecular flexibility index (Phi) is 3.98. The summed E-state index contributed by atoms with van der Waals surface area (Å²) in [6.07, 6.45) is 0.709. The molecule has 9 heteroatoms. The van der Waals surface area contributed by atoms with Crippen LogP contribution in [-0.2, 0) is 16.4 Å². The standard InChI is InChI=1S/C10H13N5O2S2/c1-2-9-13-14-10(18-9)15-19(16,17)8-6-4-3-5-7(8)12-11/h3-6,12H,2,11H2,1H3,(H,14,15). The molecule has 0 aliphatic rings. The first-order chi connectivity index (χ1) is 9.06. The number of nitrogens with one attached hydrogen (secondary N) is 2. The molecule has 2 aromatic rings. The van der Waals surface area contributed by atoms with Gasteiger partial charge in [0.05, 0.1) is 5.69 Å².